The number of piperidine rings is 2. The molecule has 1 aliphatic carbocycles. The maximum Gasteiger partial charge on any atom is 0.245 e. The van der Waals surface area contributed by atoms with Gasteiger partial charge in [-0.3, -0.25) is 10.0 Å². The van der Waals surface area contributed by atoms with Crippen molar-refractivity contribution in [1.82, 2.24) is 9.80 Å². The molecular formula is C28H34Br2ClN4O2+. The van der Waals surface area contributed by atoms with Crippen molar-refractivity contribution in [1.29, 1.82) is 0 Å². The van der Waals surface area contributed by atoms with E-state index in [1.807, 2.05) is 6.07 Å². The minimum Gasteiger partial charge on any atom is -0.386 e. The van der Waals surface area contributed by atoms with Gasteiger partial charge < -0.3 is 15.5 Å². The fourth-order valence-corrected chi connectivity index (χ4v) is 7.68. The number of nitrogens with zero attached hydrogens (tertiary/aromatic N) is 3. The van der Waals surface area contributed by atoms with Crippen LogP contribution in [0.15, 0.2) is 45.7 Å². The van der Waals surface area contributed by atoms with E-state index in [0.29, 0.717) is 29.1 Å². The second kappa shape index (κ2) is 11.1. The molecule has 37 heavy (non-hydrogen) atoms. The Morgan fingerprint density at radius 1 is 1.11 bits per heavy atom. The van der Waals surface area contributed by atoms with E-state index in [1.54, 1.807) is 6.20 Å². The predicted molar refractivity (Wildman–Crippen MR) is 151 cm³/mol. The number of rotatable bonds is 4. The van der Waals surface area contributed by atoms with Gasteiger partial charge in [-0.1, -0.05) is 24.2 Å². The molecule has 5 rings (SSSR count). The molecule has 0 spiro atoms. The highest BCUT2D eigenvalue weighted by Crippen LogP contribution is 2.45. The third-order valence-corrected chi connectivity index (χ3v) is 10.4. The molecule has 3 heterocycles. The Labute approximate surface area is 240 Å². The second-order valence-corrected chi connectivity index (χ2v) is 12.8. The number of benzene rings is 1. The number of fused-ring (bicyclic) bond motifs is 2. The topological polar surface area (TPSA) is 73.7 Å². The van der Waals surface area contributed by atoms with Crippen molar-refractivity contribution in [2.75, 3.05) is 26.2 Å². The first kappa shape index (κ1) is 26.8. The average Bonchev–Trinajstić information content (AvgIpc) is 3.04. The number of nitrogens with two attached hydrogens (primary N) is 1. The van der Waals surface area contributed by atoms with Crippen molar-refractivity contribution in [3.63, 3.8) is 0 Å². The Hall–Kier alpha value is -1.77. The summed E-state index contributed by atoms with van der Waals surface area (Å²) in [5, 5.41) is 11.8. The maximum absolute atomic E-state index is 13.2. The van der Waals surface area contributed by atoms with Gasteiger partial charge in [0.05, 0.1) is 21.2 Å². The normalized spacial score (nSPS) is 20.8. The predicted octanol–water partition coefficient (Wildman–Crippen LogP) is 5.39. The Balaban J connectivity index is 1.33. The third-order valence-electron chi connectivity index (χ3n) is 8.49. The van der Waals surface area contributed by atoms with Gasteiger partial charge >= 0.3 is 0 Å². The molecule has 0 saturated carbocycles. The lowest BCUT2D eigenvalue weighted by Gasteiger charge is -2.37. The zero-order valence-corrected chi connectivity index (χ0v) is 24.9. The van der Waals surface area contributed by atoms with Gasteiger partial charge in [-0.15, -0.1) is 0 Å². The summed E-state index contributed by atoms with van der Waals surface area (Å²) >= 11 is 13.8. The molecule has 2 aliphatic heterocycles. The molecule has 1 amide bonds. The molecule has 1 atom stereocenters. The van der Waals surface area contributed by atoms with Crippen LogP contribution in [0.1, 0.15) is 60.4 Å². The molecule has 198 valence electrons. The van der Waals surface area contributed by atoms with Crippen LogP contribution in [-0.4, -0.2) is 47.1 Å². The minimum atomic E-state index is 0.0325. The summed E-state index contributed by atoms with van der Waals surface area (Å²) in [7, 11) is 0. The van der Waals surface area contributed by atoms with E-state index in [0.717, 1.165) is 84.9 Å². The standard InChI is InChI=1S/C28H34Br2ClN4O2/c1-17(32)33-10-6-18(7-11-33)14-25(36)34-12-8-19(9-13-34)26-22-4-5-24(31)27(30)23(22)3-2-20-15-21(29)16-35(37)28(20)26/h4-5,15-16,18-19,26,37H,1-3,6-14,32H2/q+1. The highest BCUT2D eigenvalue weighted by molar-refractivity contribution is 9.10. The van der Waals surface area contributed by atoms with Crippen molar-refractivity contribution in [2.45, 2.75) is 50.9 Å². The highest BCUT2D eigenvalue weighted by Gasteiger charge is 2.41. The molecule has 3 N–H and O–H groups in total. The van der Waals surface area contributed by atoms with Gasteiger partial charge in [-0.2, -0.15) is 0 Å². The average molecular weight is 654 g/mol. The third kappa shape index (κ3) is 5.52. The van der Waals surface area contributed by atoms with Crippen molar-refractivity contribution in [2.24, 2.45) is 17.6 Å². The number of likely N-dealkylation sites (tertiary alicyclic amines) is 2. The summed E-state index contributed by atoms with van der Waals surface area (Å²) in [5.74, 6) is 1.65. The molecule has 6 nitrogen and oxygen atoms in total. The van der Waals surface area contributed by atoms with E-state index in [-0.39, 0.29) is 11.8 Å². The first-order chi connectivity index (χ1) is 17.7. The van der Waals surface area contributed by atoms with Crippen LogP contribution in [0.25, 0.3) is 0 Å². The zero-order valence-electron chi connectivity index (χ0n) is 20.9. The molecule has 3 aliphatic rings. The maximum atomic E-state index is 13.2. The summed E-state index contributed by atoms with van der Waals surface area (Å²) in [4.78, 5) is 17.3. The number of pyridine rings is 1. The molecule has 0 radical (unpaired) electrons. The summed E-state index contributed by atoms with van der Waals surface area (Å²) < 4.78 is 3.11. The quantitative estimate of drug-likeness (QED) is 0.343. The summed E-state index contributed by atoms with van der Waals surface area (Å²) in [6.07, 6.45) is 7.78. The van der Waals surface area contributed by atoms with Gasteiger partial charge in [0.15, 0.2) is 0 Å². The second-order valence-electron chi connectivity index (χ2n) is 10.7. The molecule has 2 fully saturated rings. The molecule has 1 unspecified atom stereocenters. The van der Waals surface area contributed by atoms with E-state index in [4.69, 9.17) is 17.3 Å². The van der Waals surface area contributed by atoms with Crippen molar-refractivity contribution in [3.8, 4) is 0 Å². The Morgan fingerprint density at radius 3 is 2.46 bits per heavy atom. The molecular weight excluding hydrogens is 620 g/mol. The smallest absolute Gasteiger partial charge is 0.245 e. The number of hydrogen-bond donors (Lipinski definition) is 2. The van der Waals surface area contributed by atoms with E-state index < -0.39 is 0 Å². The number of halogens is 3. The fourth-order valence-electron chi connectivity index (χ4n) is 6.47. The van der Waals surface area contributed by atoms with Crippen molar-refractivity contribution >= 4 is 49.4 Å². The van der Waals surface area contributed by atoms with Crippen LogP contribution in [0.5, 0.6) is 0 Å². The van der Waals surface area contributed by atoms with Crippen LogP contribution in [-0.2, 0) is 17.6 Å². The van der Waals surface area contributed by atoms with Crippen molar-refractivity contribution in [3.05, 3.63) is 73.1 Å². The molecule has 2 saturated heterocycles. The SMILES string of the molecule is C=C(N)N1CCC(CC(=O)N2CCC(C3c4ccc(Cl)c(Br)c4CCc4cc(Br)c[n+](O)c43)CC2)CC1. The van der Waals surface area contributed by atoms with Crippen LogP contribution < -0.4 is 10.5 Å². The largest absolute Gasteiger partial charge is 0.386 e. The highest BCUT2D eigenvalue weighted by atomic mass is 79.9. The van der Waals surface area contributed by atoms with E-state index in [1.165, 1.54) is 15.9 Å². The lowest BCUT2D eigenvalue weighted by molar-refractivity contribution is -0.911. The van der Waals surface area contributed by atoms with Gasteiger partial charge in [0.2, 0.25) is 17.8 Å². The van der Waals surface area contributed by atoms with Gasteiger partial charge in [-0.25, -0.2) is 0 Å². The molecule has 9 heteroatoms. The monoisotopic (exact) mass is 651 g/mol. The Bertz CT molecular complexity index is 1210. The molecule has 0 bridgehead atoms. The van der Waals surface area contributed by atoms with Crippen LogP contribution in [0.2, 0.25) is 5.02 Å². The van der Waals surface area contributed by atoms with E-state index in [2.05, 4.69) is 60.4 Å². The van der Waals surface area contributed by atoms with Gasteiger partial charge in [-0.05, 0) is 105 Å². The Kier molecular flexibility index (Phi) is 8.08. The van der Waals surface area contributed by atoms with Crippen molar-refractivity contribution < 1.29 is 14.7 Å². The fraction of sp³-hybridized carbons (Fsp3) is 0.500. The van der Waals surface area contributed by atoms with Gasteiger partial charge in [0, 0.05) is 47.4 Å². The van der Waals surface area contributed by atoms with Crippen LogP contribution in [0, 0.1) is 11.8 Å². The summed E-state index contributed by atoms with van der Waals surface area (Å²) in [6.45, 7) is 7.10. The number of carbonyl (C=O) groups is 1. The van der Waals surface area contributed by atoms with Crippen LogP contribution in [0.4, 0.5) is 0 Å². The molecule has 1 aromatic carbocycles. The number of hydrogen-bond acceptors (Lipinski definition) is 4. The van der Waals surface area contributed by atoms with E-state index in [9.17, 15) is 10.0 Å². The van der Waals surface area contributed by atoms with Gasteiger partial charge in [0.1, 0.15) is 0 Å². The first-order valence-corrected chi connectivity index (χ1v) is 15.1. The number of amides is 1. The zero-order chi connectivity index (χ0) is 26.3. The molecule has 2 aromatic rings. The lowest BCUT2D eigenvalue weighted by atomic mass is 9.76. The number of aryl methyl sites for hydroxylation is 1. The number of carbonyl (C=O) groups excluding carboxylic acids is 1. The summed E-state index contributed by atoms with van der Waals surface area (Å²) in [5.41, 5.74) is 10.4. The first-order valence-electron chi connectivity index (χ1n) is 13.1. The lowest BCUT2D eigenvalue weighted by Crippen LogP contribution is -2.44. The minimum absolute atomic E-state index is 0.0325. The Morgan fingerprint density at radius 2 is 1.78 bits per heavy atom. The number of aromatic nitrogens is 1. The van der Waals surface area contributed by atoms with Crippen LogP contribution in [0.3, 0.4) is 0 Å². The van der Waals surface area contributed by atoms with Crippen LogP contribution >= 0.6 is 43.5 Å². The van der Waals surface area contributed by atoms with E-state index >= 15 is 0 Å². The van der Waals surface area contributed by atoms with Gasteiger partial charge in [0.25, 0.3) is 0 Å². The molecule has 1 aromatic heterocycles. The summed E-state index contributed by atoms with van der Waals surface area (Å²) in [6, 6.07) is 6.21.